The number of hydrogen-bond donors (Lipinski definition) is 4. The maximum atomic E-state index is 11.2. The molecule has 4 N–H and O–H groups in total. The molecule has 2 aromatic carbocycles. The summed E-state index contributed by atoms with van der Waals surface area (Å²) in [4.78, 5) is 12.6. The van der Waals surface area contributed by atoms with Crippen molar-refractivity contribution in [3.63, 3.8) is 0 Å². The molecule has 0 atom stereocenters. The van der Waals surface area contributed by atoms with Gasteiger partial charge in [-0.2, -0.15) is 23.5 Å². The van der Waals surface area contributed by atoms with E-state index in [0.29, 0.717) is 30.3 Å². The Hall–Kier alpha value is -1.13. The Labute approximate surface area is 240 Å². The summed E-state index contributed by atoms with van der Waals surface area (Å²) < 4.78 is 0. The molecule has 6 nitrogen and oxygen atoms in total. The average Bonchev–Trinajstić information content (AvgIpc) is 2.89. The van der Waals surface area contributed by atoms with E-state index in [-0.39, 0.29) is 13.2 Å². The second-order valence-electron chi connectivity index (χ2n) is 8.08. The maximum absolute atomic E-state index is 11.2. The van der Waals surface area contributed by atoms with Crippen molar-refractivity contribution in [2.45, 2.75) is 25.7 Å². The third-order valence-corrected chi connectivity index (χ3v) is 8.07. The summed E-state index contributed by atoms with van der Waals surface area (Å²) in [5, 5.41) is 31.4. The van der Waals surface area contributed by atoms with Crippen LogP contribution in [0.4, 0.5) is 4.79 Å². The van der Waals surface area contributed by atoms with Gasteiger partial charge in [0.05, 0.1) is 13.2 Å². The summed E-state index contributed by atoms with van der Waals surface area (Å²) in [6.45, 7) is 3.41. The van der Waals surface area contributed by atoms with Crippen LogP contribution in [0.1, 0.15) is 24.0 Å². The number of carboxylic acid groups (broad SMARTS) is 1. The monoisotopic (exact) mass is 590 g/mol. The Morgan fingerprint density at radius 1 is 0.757 bits per heavy atom. The summed E-state index contributed by atoms with van der Waals surface area (Å²) in [5.41, 5.74) is 2.17. The van der Waals surface area contributed by atoms with Crippen LogP contribution in [0.3, 0.4) is 0 Å². The number of aliphatic hydroxyl groups excluding tert-OH is 2. The minimum absolute atomic E-state index is 0.166. The van der Waals surface area contributed by atoms with E-state index in [1.807, 2.05) is 42.5 Å². The van der Waals surface area contributed by atoms with E-state index in [4.69, 9.17) is 38.5 Å². The minimum Gasteiger partial charge on any atom is -0.465 e. The lowest BCUT2D eigenvalue weighted by Gasteiger charge is -2.19. The van der Waals surface area contributed by atoms with Crippen molar-refractivity contribution in [3.05, 3.63) is 69.7 Å². The number of hydrogen-bond acceptors (Lipinski definition) is 6. The second-order valence-corrected chi connectivity index (χ2v) is 11.3. The quantitative estimate of drug-likeness (QED) is 0.169. The van der Waals surface area contributed by atoms with Crippen LogP contribution in [0.5, 0.6) is 0 Å². The van der Waals surface area contributed by atoms with Gasteiger partial charge < -0.3 is 25.5 Å². The fourth-order valence-corrected chi connectivity index (χ4v) is 5.11. The van der Waals surface area contributed by atoms with Crippen molar-refractivity contribution in [2.24, 2.45) is 0 Å². The number of aliphatic hydroxyl groups is 2. The van der Waals surface area contributed by atoms with Gasteiger partial charge in [-0.1, -0.05) is 59.6 Å². The van der Waals surface area contributed by atoms with E-state index < -0.39 is 6.09 Å². The lowest BCUT2D eigenvalue weighted by Crippen LogP contribution is -2.32. The van der Waals surface area contributed by atoms with Crippen molar-refractivity contribution in [1.82, 2.24) is 10.2 Å². The molecule has 0 radical (unpaired) electrons. The van der Waals surface area contributed by atoms with Gasteiger partial charge in [-0.05, 0) is 73.5 Å². The van der Waals surface area contributed by atoms with Crippen LogP contribution < -0.4 is 5.32 Å². The molecular weight excluding hydrogens is 551 g/mol. The first kappa shape index (κ1) is 33.9. The van der Waals surface area contributed by atoms with Gasteiger partial charge in [-0.25, -0.2) is 4.79 Å². The number of thioether (sulfide) groups is 2. The van der Waals surface area contributed by atoms with Gasteiger partial charge in [-0.3, -0.25) is 0 Å². The van der Waals surface area contributed by atoms with Crippen LogP contribution in [0, 0.1) is 0 Å². The molecule has 2 rings (SSSR count). The number of carbonyl (C=O) groups is 1. The van der Waals surface area contributed by atoms with Crippen molar-refractivity contribution in [1.29, 1.82) is 0 Å². The predicted molar refractivity (Wildman–Crippen MR) is 161 cm³/mol. The van der Waals surface area contributed by atoms with Gasteiger partial charge in [0.2, 0.25) is 0 Å². The van der Waals surface area contributed by atoms with Crippen LogP contribution in [-0.4, -0.2) is 88.7 Å². The summed E-state index contributed by atoms with van der Waals surface area (Å²) >= 11 is 15.6. The molecule has 1 amide bonds. The zero-order valence-corrected chi connectivity index (χ0v) is 24.4. The van der Waals surface area contributed by atoms with Crippen molar-refractivity contribution >= 4 is 52.8 Å². The van der Waals surface area contributed by atoms with Gasteiger partial charge >= 0.3 is 6.09 Å². The van der Waals surface area contributed by atoms with E-state index in [1.54, 1.807) is 23.5 Å². The molecule has 0 fully saturated rings. The molecule has 208 valence electrons. The van der Waals surface area contributed by atoms with Crippen molar-refractivity contribution in [3.8, 4) is 0 Å². The molecule has 10 heteroatoms. The molecule has 0 unspecified atom stereocenters. The second kappa shape index (κ2) is 22.8. The van der Waals surface area contributed by atoms with E-state index in [9.17, 15) is 4.79 Å². The maximum Gasteiger partial charge on any atom is 0.407 e. The molecule has 0 aliphatic rings. The fourth-order valence-electron chi connectivity index (χ4n) is 3.30. The van der Waals surface area contributed by atoms with E-state index >= 15 is 0 Å². The smallest absolute Gasteiger partial charge is 0.407 e. The normalized spacial score (nSPS) is 10.6. The number of amides is 1. The van der Waals surface area contributed by atoms with Gasteiger partial charge in [0.1, 0.15) is 0 Å². The summed E-state index contributed by atoms with van der Waals surface area (Å²) in [5.74, 6) is 3.52. The predicted octanol–water partition coefficient (Wildman–Crippen LogP) is 5.57. The number of rotatable bonds is 18. The molecule has 2 aromatic rings. The van der Waals surface area contributed by atoms with Crippen molar-refractivity contribution in [2.75, 3.05) is 62.4 Å². The van der Waals surface area contributed by atoms with E-state index in [1.165, 1.54) is 10.5 Å². The Morgan fingerprint density at radius 3 is 1.84 bits per heavy atom. The molecular formula is C27H40Cl2N2O4S2. The molecule has 0 saturated heterocycles. The molecule has 0 saturated carbocycles. The van der Waals surface area contributed by atoms with Gasteiger partial charge in [0.25, 0.3) is 0 Å². The fraction of sp³-hybridized carbons (Fsp3) is 0.519. The first-order valence-electron chi connectivity index (χ1n) is 12.5. The van der Waals surface area contributed by atoms with Crippen LogP contribution in [-0.2, 0) is 12.8 Å². The van der Waals surface area contributed by atoms with Gasteiger partial charge in [0.15, 0.2) is 0 Å². The standard InChI is InChI=1S/C14H20ClNO3S.C13H20ClNOS/c15-13-5-2-1-4-12(13)6-8-16(14(18)19)7-3-10-20-11-9-17;14-13-5-2-1-4-12(13)6-8-15-7-3-10-17-11-9-16/h1-2,4-5,17H,3,6-11H2,(H,18,19);1-2,4-5,15-16H,3,6-11H2. The lowest BCUT2D eigenvalue weighted by atomic mass is 10.1. The molecule has 0 bridgehead atoms. The van der Waals surface area contributed by atoms with Crippen LogP contribution >= 0.6 is 46.7 Å². The zero-order chi connectivity index (χ0) is 27.1. The van der Waals surface area contributed by atoms with Gasteiger partial charge in [-0.15, -0.1) is 0 Å². The topological polar surface area (TPSA) is 93.0 Å². The Kier molecular flexibility index (Phi) is 20.9. The first-order chi connectivity index (χ1) is 18.0. The number of halogens is 2. The van der Waals surface area contributed by atoms with Gasteiger partial charge in [0, 0.05) is 34.6 Å². The Balaban J connectivity index is 0.000000375. The highest BCUT2D eigenvalue weighted by Crippen LogP contribution is 2.16. The highest BCUT2D eigenvalue weighted by atomic mass is 35.5. The minimum atomic E-state index is -0.899. The molecule has 0 heterocycles. The number of benzene rings is 2. The summed E-state index contributed by atoms with van der Waals surface area (Å²) in [6, 6.07) is 15.5. The molecule has 0 spiro atoms. The lowest BCUT2D eigenvalue weighted by molar-refractivity contribution is 0.146. The zero-order valence-electron chi connectivity index (χ0n) is 21.3. The molecule has 0 aromatic heterocycles. The SMILES string of the molecule is O=C(O)N(CCCSCCO)CCc1ccccc1Cl.OCCSCCCNCCc1ccccc1Cl. The largest absolute Gasteiger partial charge is 0.465 e. The van der Waals surface area contributed by atoms with Crippen LogP contribution in [0.15, 0.2) is 48.5 Å². The Bertz CT molecular complexity index is 865. The summed E-state index contributed by atoms with van der Waals surface area (Å²) in [7, 11) is 0. The van der Waals surface area contributed by atoms with Crippen LogP contribution in [0.25, 0.3) is 0 Å². The molecule has 0 aliphatic carbocycles. The molecule has 37 heavy (non-hydrogen) atoms. The third kappa shape index (κ3) is 17.1. The van der Waals surface area contributed by atoms with E-state index in [2.05, 4.69) is 11.4 Å². The third-order valence-electron chi connectivity index (χ3n) is 5.24. The van der Waals surface area contributed by atoms with E-state index in [0.717, 1.165) is 60.2 Å². The summed E-state index contributed by atoms with van der Waals surface area (Å²) in [6.07, 6.45) is 2.63. The number of nitrogens with zero attached hydrogens (tertiary/aromatic N) is 1. The highest BCUT2D eigenvalue weighted by Gasteiger charge is 2.12. The molecule has 0 aliphatic heterocycles. The highest BCUT2D eigenvalue weighted by molar-refractivity contribution is 7.99. The first-order valence-corrected chi connectivity index (χ1v) is 15.6. The number of nitrogens with one attached hydrogen (secondary N) is 1. The Morgan fingerprint density at radius 2 is 1.30 bits per heavy atom. The average molecular weight is 592 g/mol. The van der Waals surface area contributed by atoms with Crippen LogP contribution in [0.2, 0.25) is 10.0 Å². The van der Waals surface area contributed by atoms with Crippen molar-refractivity contribution < 1.29 is 20.1 Å².